The first-order chi connectivity index (χ1) is 5.37. The van der Waals surface area contributed by atoms with Crippen molar-refractivity contribution in [2.75, 3.05) is 7.05 Å². The third kappa shape index (κ3) is 2.26. The molecule has 0 saturated carbocycles. The number of amides is 1. The smallest absolute Gasteiger partial charge is 0.257 e. The van der Waals surface area contributed by atoms with Crippen molar-refractivity contribution >= 4 is 11.9 Å². The second-order valence-corrected chi connectivity index (χ2v) is 2.56. The second kappa shape index (κ2) is 3.75. The van der Waals surface area contributed by atoms with Gasteiger partial charge in [-0.2, -0.15) is 0 Å². The van der Waals surface area contributed by atoms with Crippen LogP contribution in [-0.2, 0) is 4.79 Å². The zero-order chi connectivity index (χ0) is 9.89. The lowest BCUT2D eigenvalue weighted by Crippen LogP contribution is -2.38. The van der Waals surface area contributed by atoms with Gasteiger partial charge in [-0.3, -0.25) is 15.1 Å². The van der Waals surface area contributed by atoms with Crippen LogP contribution in [0.5, 0.6) is 0 Å². The van der Waals surface area contributed by atoms with Crippen LogP contribution in [-0.4, -0.2) is 23.8 Å². The summed E-state index contributed by atoms with van der Waals surface area (Å²) in [5.74, 6) is -0.636. The number of carbonyl (C=O) groups excluding carboxylic acids is 1. The van der Waals surface area contributed by atoms with Crippen molar-refractivity contribution in [2.24, 2.45) is 11.5 Å². The first-order valence-electron chi connectivity index (χ1n) is 3.43. The van der Waals surface area contributed by atoms with Gasteiger partial charge in [0.1, 0.15) is 0 Å². The summed E-state index contributed by atoms with van der Waals surface area (Å²) in [5, 5.41) is 6.98. The number of rotatable bonds is 1. The molecule has 0 heterocycles. The molecule has 0 unspecified atom stereocenters. The van der Waals surface area contributed by atoms with Gasteiger partial charge in [0, 0.05) is 18.3 Å². The molecule has 0 aromatic rings. The summed E-state index contributed by atoms with van der Waals surface area (Å²) in [5.41, 5.74) is 11.3. The van der Waals surface area contributed by atoms with E-state index >= 15 is 0 Å². The average molecular weight is 170 g/mol. The largest absolute Gasteiger partial charge is 0.402 e. The van der Waals surface area contributed by atoms with Crippen molar-refractivity contribution in [3.05, 3.63) is 11.3 Å². The quantitative estimate of drug-likeness (QED) is 0.283. The molecule has 0 fully saturated rings. The maximum atomic E-state index is 11.3. The van der Waals surface area contributed by atoms with Crippen LogP contribution in [0.25, 0.3) is 0 Å². The van der Waals surface area contributed by atoms with E-state index in [0.717, 1.165) is 4.90 Å². The van der Waals surface area contributed by atoms with Crippen LogP contribution in [0.15, 0.2) is 11.3 Å². The van der Waals surface area contributed by atoms with Gasteiger partial charge in [-0.15, -0.1) is 0 Å². The fraction of sp³-hybridized carbons (Fsp3) is 0.429. The van der Waals surface area contributed by atoms with E-state index in [1.807, 2.05) is 0 Å². The third-order valence-corrected chi connectivity index (χ3v) is 1.58. The SMILES string of the molecule is CC(N)=C(C)C(=O)N(C)C(=N)N. The molecule has 12 heavy (non-hydrogen) atoms. The van der Waals surface area contributed by atoms with Crippen LogP contribution in [0.4, 0.5) is 0 Å². The molecule has 1 amide bonds. The number of nitrogens with zero attached hydrogens (tertiary/aromatic N) is 1. The second-order valence-electron chi connectivity index (χ2n) is 2.56. The molecule has 0 aromatic carbocycles. The molecular formula is C7H14N4O. The van der Waals surface area contributed by atoms with Crippen LogP contribution >= 0.6 is 0 Å². The van der Waals surface area contributed by atoms with E-state index in [1.54, 1.807) is 13.8 Å². The van der Waals surface area contributed by atoms with Gasteiger partial charge >= 0.3 is 0 Å². The Morgan fingerprint density at radius 3 is 2.00 bits per heavy atom. The van der Waals surface area contributed by atoms with Crippen LogP contribution < -0.4 is 11.5 Å². The Kier molecular flexibility index (Phi) is 3.28. The number of likely N-dealkylation sites (N-methyl/N-ethyl adjacent to an activating group) is 1. The molecule has 0 saturated heterocycles. The minimum absolute atomic E-state index is 0.291. The van der Waals surface area contributed by atoms with E-state index in [2.05, 4.69) is 0 Å². The first kappa shape index (κ1) is 10.5. The van der Waals surface area contributed by atoms with Crippen molar-refractivity contribution in [1.29, 1.82) is 5.41 Å². The van der Waals surface area contributed by atoms with E-state index in [4.69, 9.17) is 16.9 Å². The molecule has 0 aliphatic rings. The Morgan fingerprint density at radius 2 is 1.75 bits per heavy atom. The van der Waals surface area contributed by atoms with Crippen LogP contribution in [0.1, 0.15) is 13.8 Å². The minimum atomic E-state index is -0.345. The van der Waals surface area contributed by atoms with Gasteiger partial charge in [-0.05, 0) is 13.8 Å². The van der Waals surface area contributed by atoms with Gasteiger partial charge in [0.2, 0.25) is 0 Å². The molecule has 5 heteroatoms. The summed E-state index contributed by atoms with van der Waals surface area (Å²) < 4.78 is 0. The number of hydrogen-bond acceptors (Lipinski definition) is 3. The Bertz CT molecular complexity index is 240. The molecule has 0 aliphatic heterocycles. The van der Waals surface area contributed by atoms with Crippen molar-refractivity contribution in [1.82, 2.24) is 4.90 Å². The van der Waals surface area contributed by atoms with Gasteiger partial charge in [-0.1, -0.05) is 0 Å². The van der Waals surface area contributed by atoms with Crippen molar-refractivity contribution in [3.63, 3.8) is 0 Å². The number of allylic oxidation sites excluding steroid dienone is 1. The van der Waals surface area contributed by atoms with E-state index in [9.17, 15) is 4.79 Å². The Labute approximate surface area is 71.5 Å². The number of hydrogen-bond donors (Lipinski definition) is 3. The summed E-state index contributed by atoms with van der Waals surface area (Å²) in [6, 6.07) is 0. The Hall–Kier alpha value is -1.52. The van der Waals surface area contributed by atoms with Gasteiger partial charge < -0.3 is 11.5 Å². The van der Waals surface area contributed by atoms with E-state index < -0.39 is 0 Å². The summed E-state index contributed by atoms with van der Waals surface area (Å²) in [7, 11) is 1.43. The lowest BCUT2D eigenvalue weighted by Gasteiger charge is -2.15. The molecule has 0 aliphatic carbocycles. The normalized spacial score (nSPS) is 11.9. The lowest BCUT2D eigenvalue weighted by molar-refractivity contribution is -0.122. The number of nitrogens with two attached hydrogens (primary N) is 2. The standard InChI is InChI=1S/C7H14N4O/c1-4(5(2)8)6(12)11(3)7(9)10/h8H2,1-3H3,(H3,9,10). The summed E-state index contributed by atoms with van der Waals surface area (Å²) in [4.78, 5) is 12.3. The van der Waals surface area contributed by atoms with Gasteiger partial charge in [0.15, 0.2) is 5.96 Å². The molecule has 0 spiro atoms. The zero-order valence-corrected chi connectivity index (χ0v) is 7.51. The van der Waals surface area contributed by atoms with Crippen LogP contribution in [0.2, 0.25) is 0 Å². The minimum Gasteiger partial charge on any atom is -0.402 e. The summed E-state index contributed by atoms with van der Waals surface area (Å²) >= 11 is 0. The monoisotopic (exact) mass is 170 g/mol. The Morgan fingerprint density at radius 1 is 1.33 bits per heavy atom. The van der Waals surface area contributed by atoms with Gasteiger partial charge in [0.05, 0.1) is 0 Å². The maximum absolute atomic E-state index is 11.3. The molecule has 5 N–H and O–H groups in total. The van der Waals surface area contributed by atoms with Crippen LogP contribution in [0.3, 0.4) is 0 Å². The predicted molar refractivity (Wildman–Crippen MR) is 47.2 cm³/mol. The van der Waals surface area contributed by atoms with Gasteiger partial charge in [-0.25, -0.2) is 0 Å². The fourth-order valence-electron chi connectivity index (χ4n) is 0.530. The maximum Gasteiger partial charge on any atom is 0.257 e. The molecular weight excluding hydrogens is 156 g/mol. The molecule has 68 valence electrons. The van der Waals surface area contributed by atoms with Crippen molar-refractivity contribution < 1.29 is 4.79 Å². The molecule has 5 nitrogen and oxygen atoms in total. The molecule has 0 bridgehead atoms. The number of guanidine groups is 1. The number of nitrogens with one attached hydrogen (secondary N) is 1. The first-order valence-corrected chi connectivity index (χ1v) is 3.43. The summed E-state index contributed by atoms with van der Waals surface area (Å²) in [6.45, 7) is 3.22. The highest BCUT2D eigenvalue weighted by Crippen LogP contribution is 2.01. The average Bonchev–Trinajstić information content (AvgIpc) is 2.00. The lowest BCUT2D eigenvalue weighted by atomic mass is 10.2. The van der Waals surface area contributed by atoms with E-state index in [1.165, 1.54) is 7.05 Å². The molecule has 0 rings (SSSR count). The van der Waals surface area contributed by atoms with Crippen molar-refractivity contribution in [2.45, 2.75) is 13.8 Å². The van der Waals surface area contributed by atoms with Gasteiger partial charge in [0.25, 0.3) is 5.91 Å². The molecule has 0 atom stereocenters. The fourth-order valence-corrected chi connectivity index (χ4v) is 0.530. The topological polar surface area (TPSA) is 96.2 Å². The van der Waals surface area contributed by atoms with E-state index in [-0.39, 0.29) is 11.9 Å². The zero-order valence-electron chi connectivity index (χ0n) is 7.51. The Balaban J connectivity index is 4.63. The van der Waals surface area contributed by atoms with Crippen LogP contribution in [0, 0.1) is 5.41 Å². The highest BCUT2D eigenvalue weighted by Gasteiger charge is 2.13. The predicted octanol–water partition coefficient (Wildman–Crippen LogP) is -0.409. The number of carbonyl (C=O) groups is 1. The van der Waals surface area contributed by atoms with Crippen molar-refractivity contribution in [3.8, 4) is 0 Å². The molecule has 0 aromatic heterocycles. The molecule has 0 radical (unpaired) electrons. The highest BCUT2D eigenvalue weighted by atomic mass is 16.2. The van der Waals surface area contributed by atoms with E-state index in [0.29, 0.717) is 11.3 Å². The highest BCUT2D eigenvalue weighted by molar-refractivity contribution is 6.03. The third-order valence-electron chi connectivity index (χ3n) is 1.58. The summed E-state index contributed by atoms with van der Waals surface area (Å²) in [6.07, 6.45) is 0.